The molecule has 18 heteroatoms. The van der Waals surface area contributed by atoms with Crippen LogP contribution in [-0.4, -0.2) is 114 Å². The number of halogens is 3. The second-order valence-corrected chi connectivity index (χ2v) is 13.9. The van der Waals surface area contributed by atoms with Crippen LogP contribution >= 0.6 is 0 Å². The van der Waals surface area contributed by atoms with Crippen molar-refractivity contribution >= 4 is 35.1 Å². The van der Waals surface area contributed by atoms with Crippen LogP contribution in [0.3, 0.4) is 0 Å². The van der Waals surface area contributed by atoms with Crippen molar-refractivity contribution in [2.24, 2.45) is 5.92 Å². The van der Waals surface area contributed by atoms with Gasteiger partial charge in [-0.3, -0.25) is 9.59 Å². The number of piperidine rings is 1. The molecule has 0 aliphatic carbocycles. The Morgan fingerprint density at radius 3 is 2.36 bits per heavy atom. The smallest absolute Gasteiger partial charge is 0.395 e. The van der Waals surface area contributed by atoms with Gasteiger partial charge in [0.15, 0.2) is 0 Å². The van der Waals surface area contributed by atoms with Crippen molar-refractivity contribution in [1.82, 2.24) is 30.6 Å². The molecule has 2 fully saturated rings. The Hall–Kier alpha value is -5.28. The molecule has 5 rings (SSSR count). The number of carbonyl (C=O) groups is 2. The number of aliphatic hydroxyl groups is 2. The SMILES string of the molecule is N#Cc1ccc(CCNC(=O)C2CCCN2c2cc(N3CCC(CCCC(=O)NCCNc4cc(N(CCO)CCO)ncn4)CC3)nc(C(F)(F)F)n2)cc1. The first-order chi connectivity index (χ1) is 27.1. The topological polar surface area (TPSA) is 196 Å². The van der Waals surface area contributed by atoms with E-state index in [1.165, 1.54) is 6.33 Å². The van der Waals surface area contributed by atoms with E-state index in [2.05, 4.69) is 42.0 Å². The number of anilines is 4. The van der Waals surface area contributed by atoms with Gasteiger partial charge in [-0.25, -0.2) is 19.9 Å². The lowest BCUT2D eigenvalue weighted by Crippen LogP contribution is -2.44. The van der Waals surface area contributed by atoms with E-state index in [1.54, 1.807) is 34.1 Å². The third-order valence-electron chi connectivity index (χ3n) is 10.0. The summed E-state index contributed by atoms with van der Waals surface area (Å²) in [7, 11) is 0. The summed E-state index contributed by atoms with van der Waals surface area (Å²) in [5.74, 6) is 0.145. The van der Waals surface area contributed by atoms with Crippen LogP contribution in [0.2, 0.25) is 0 Å². The number of carbonyl (C=O) groups excluding carboxylic acids is 2. The van der Waals surface area contributed by atoms with Gasteiger partial charge in [0.05, 0.1) is 24.8 Å². The van der Waals surface area contributed by atoms with Gasteiger partial charge < -0.3 is 40.9 Å². The Balaban J connectivity index is 1.06. The lowest BCUT2D eigenvalue weighted by Gasteiger charge is -2.34. The molecule has 1 atom stereocenters. The molecular weight excluding hydrogens is 731 g/mol. The quantitative estimate of drug-likeness (QED) is 0.112. The number of nitrogens with zero attached hydrogens (tertiary/aromatic N) is 8. The first-order valence-corrected chi connectivity index (χ1v) is 19.1. The molecule has 2 aliphatic rings. The Bertz CT molecular complexity index is 1760. The van der Waals surface area contributed by atoms with Gasteiger partial charge in [0.1, 0.15) is 35.6 Å². The van der Waals surface area contributed by atoms with E-state index >= 15 is 0 Å². The van der Waals surface area contributed by atoms with Crippen LogP contribution < -0.4 is 30.7 Å². The van der Waals surface area contributed by atoms with Crippen molar-refractivity contribution in [2.75, 3.05) is 85.6 Å². The van der Waals surface area contributed by atoms with Gasteiger partial charge in [-0.1, -0.05) is 12.1 Å². The van der Waals surface area contributed by atoms with Crippen molar-refractivity contribution in [2.45, 2.75) is 63.6 Å². The largest absolute Gasteiger partial charge is 0.451 e. The molecule has 2 aliphatic heterocycles. The maximum atomic E-state index is 14.0. The van der Waals surface area contributed by atoms with Crippen LogP contribution in [0.1, 0.15) is 61.9 Å². The van der Waals surface area contributed by atoms with Crippen LogP contribution in [0, 0.1) is 17.2 Å². The van der Waals surface area contributed by atoms with E-state index in [9.17, 15) is 33.0 Å². The fraction of sp³-hybridized carbons (Fsp3) is 0.553. The van der Waals surface area contributed by atoms with Crippen molar-refractivity contribution in [1.29, 1.82) is 5.26 Å². The molecule has 302 valence electrons. The molecule has 1 unspecified atom stereocenters. The number of hydrogen-bond acceptors (Lipinski definition) is 13. The Morgan fingerprint density at radius 2 is 1.66 bits per heavy atom. The lowest BCUT2D eigenvalue weighted by molar-refractivity contribution is -0.144. The van der Waals surface area contributed by atoms with E-state index in [1.807, 2.05) is 17.0 Å². The number of nitriles is 1. The number of nitrogens with one attached hydrogen (secondary N) is 3. The number of aromatic nitrogens is 4. The second-order valence-electron chi connectivity index (χ2n) is 13.9. The summed E-state index contributed by atoms with van der Waals surface area (Å²) >= 11 is 0. The number of benzene rings is 1. The zero-order valence-corrected chi connectivity index (χ0v) is 31.3. The first-order valence-electron chi connectivity index (χ1n) is 19.1. The van der Waals surface area contributed by atoms with Gasteiger partial charge in [-0.15, -0.1) is 0 Å². The zero-order chi connectivity index (χ0) is 39.9. The van der Waals surface area contributed by atoms with Gasteiger partial charge in [-0.05, 0) is 68.6 Å². The highest BCUT2D eigenvalue weighted by Crippen LogP contribution is 2.34. The molecule has 0 saturated carbocycles. The molecular formula is C38H50F3N11O4. The number of amides is 2. The molecule has 3 aromatic rings. The minimum atomic E-state index is -4.76. The molecule has 2 amide bonds. The van der Waals surface area contributed by atoms with Crippen LogP contribution in [-0.2, 0) is 22.2 Å². The van der Waals surface area contributed by atoms with Crippen molar-refractivity contribution in [3.05, 3.63) is 59.7 Å². The molecule has 0 spiro atoms. The summed E-state index contributed by atoms with van der Waals surface area (Å²) in [6, 6.07) is 11.8. The fourth-order valence-electron chi connectivity index (χ4n) is 7.05. The summed E-state index contributed by atoms with van der Waals surface area (Å²) in [5, 5.41) is 36.5. The minimum Gasteiger partial charge on any atom is -0.395 e. The summed E-state index contributed by atoms with van der Waals surface area (Å²) in [6.07, 6.45) is 1.66. The zero-order valence-electron chi connectivity index (χ0n) is 31.3. The molecule has 0 bridgehead atoms. The summed E-state index contributed by atoms with van der Waals surface area (Å²) < 4.78 is 42.1. The molecule has 5 N–H and O–H groups in total. The fourth-order valence-corrected chi connectivity index (χ4v) is 7.05. The van der Waals surface area contributed by atoms with Gasteiger partial charge in [0.25, 0.3) is 0 Å². The van der Waals surface area contributed by atoms with Crippen LogP contribution in [0.5, 0.6) is 0 Å². The highest BCUT2D eigenvalue weighted by Gasteiger charge is 2.39. The molecule has 56 heavy (non-hydrogen) atoms. The Morgan fingerprint density at radius 1 is 0.929 bits per heavy atom. The summed E-state index contributed by atoms with van der Waals surface area (Å²) in [5.41, 5.74) is 1.50. The van der Waals surface area contributed by atoms with Gasteiger partial charge >= 0.3 is 6.18 Å². The normalized spacial score (nSPS) is 16.0. The molecule has 15 nitrogen and oxygen atoms in total. The van der Waals surface area contributed by atoms with Crippen LogP contribution in [0.25, 0.3) is 0 Å². The highest BCUT2D eigenvalue weighted by atomic mass is 19.4. The monoisotopic (exact) mass is 781 g/mol. The summed E-state index contributed by atoms with van der Waals surface area (Å²) in [4.78, 5) is 47.1. The third kappa shape index (κ3) is 12.1. The van der Waals surface area contributed by atoms with E-state index in [4.69, 9.17) is 5.26 Å². The number of aliphatic hydroxyl groups excluding tert-OH is 2. The maximum absolute atomic E-state index is 14.0. The predicted octanol–water partition coefficient (Wildman–Crippen LogP) is 2.89. The van der Waals surface area contributed by atoms with E-state index < -0.39 is 18.0 Å². The summed E-state index contributed by atoms with van der Waals surface area (Å²) in [6.45, 7) is 3.08. The number of alkyl halides is 3. The standard InChI is InChI=1S/C38H50F3N11O4/c39-38(40,41)37-48-33(24-34(49-37)52-16-2-4-30(52)36(56)45-13-10-28-6-8-29(25-42)9-7-28)50-17-11-27(12-18-50)3-1-5-35(55)44-15-14-43-31-23-32(47-26-46-31)51(19-21-53)20-22-54/h6-9,23-24,26-27,30,53-54H,1-5,10-22H2,(H,44,55)(H,45,56)(H,43,46,47). The highest BCUT2D eigenvalue weighted by molar-refractivity contribution is 5.85. The van der Waals surface area contributed by atoms with Crippen LogP contribution in [0.15, 0.2) is 42.7 Å². The lowest BCUT2D eigenvalue weighted by atomic mass is 9.91. The van der Waals surface area contributed by atoms with Gasteiger partial charge in [-0.2, -0.15) is 18.4 Å². The minimum absolute atomic E-state index is 0.0712. The van der Waals surface area contributed by atoms with Crippen LogP contribution in [0.4, 0.5) is 36.4 Å². The predicted molar refractivity (Wildman–Crippen MR) is 204 cm³/mol. The third-order valence-corrected chi connectivity index (χ3v) is 10.0. The molecule has 0 radical (unpaired) electrons. The number of hydrogen-bond donors (Lipinski definition) is 5. The molecule has 2 aromatic heterocycles. The van der Waals surface area contributed by atoms with Gasteiger partial charge in [0, 0.05) is 70.9 Å². The molecule has 2 saturated heterocycles. The first kappa shape index (κ1) is 41.9. The molecule has 1 aromatic carbocycles. The van der Waals surface area contributed by atoms with Crippen molar-refractivity contribution < 1.29 is 33.0 Å². The Labute approximate surface area is 324 Å². The number of rotatable bonds is 19. The van der Waals surface area contributed by atoms with E-state index in [0.717, 1.165) is 24.8 Å². The Kier molecular flexibility index (Phi) is 15.4. The van der Waals surface area contributed by atoms with Crippen molar-refractivity contribution in [3.8, 4) is 6.07 Å². The average molecular weight is 782 g/mol. The molecule has 4 heterocycles. The maximum Gasteiger partial charge on any atom is 0.451 e. The van der Waals surface area contributed by atoms with E-state index in [-0.39, 0.29) is 36.7 Å². The average Bonchev–Trinajstić information content (AvgIpc) is 3.70. The van der Waals surface area contributed by atoms with Crippen molar-refractivity contribution in [3.63, 3.8) is 0 Å². The van der Waals surface area contributed by atoms with E-state index in [0.29, 0.717) is 108 Å². The van der Waals surface area contributed by atoms with Gasteiger partial charge in [0.2, 0.25) is 17.6 Å². The second kappa shape index (κ2) is 20.6.